The molecule has 10 heteroatoms. The van der Waals surface area contributed by atoms with Crippen molar-refractivity contribution in [2.45, 2.75) is 38.3 Å². The van der Waals surface area contributed by atoms with E-state index in [-0.39, 0.29) is 11.4 Å². The van der Waals surface area contributed by atoms with Crippen molar-refractivity contribution in [3.8, 4) is 0 Å². The van der Waals surface area contributed by atoms with Crippen molar-refractivity contribution < 1.29 is 18.0 Å². The van der Waals surface area contributed by atoms with Crippen LogP contribution in [0.1, 0.15) is 23.6 Å². The van der Waals surface area contributed by atoms with E-state index in [4.69, 9.17) is 23.2 Å². The molecule has 0 saturated heterocycles. The second-order valence-electron chi connectivity index (χ2n) is 8.66. The van der Waals surface area contributed by atoms with Crippen molar-refractivity contribution >= 4 is 50.7 Å². The molecule has 0 aliphatic rings. The van der Waals surface area contributed by atoms with Crippen LogP contribution in [0.4, 0.5) is 5.69 Å². The zero-order valence-corrected chi connectivity index (χ0v) is 23.4. The first-order chi connectivity index (χ1) is 17.4. The zero-order chi connectivity index (χ0) is 27.3. The minimum absolute atomic E-state index is 0.0183. The molecule has 3 aromatic carbocycles. The molecule has 0 heterocycles. The van der Waals surface area contributed by atoms with Gasteiger partial charge in [0.2, 0.25) is 11.8 Å². The van der Waals surface area contributed by atoms with E-state index in [1.807, 2.05) is 13.0 Å². The highest BCUT2D eigenvalue weighted by Gasteiger charge is 2.33. The lowest BCUT2D eigenvalue weighted by atomic mass is 10.1. The van der Waals surface area contributed by atoms with E-state index in [1.165, 1.54) is 24.1 Å². The van der Waals surface area contributed by atoms with Crippen LogP contribution in [0.5, 0.6) is 0 Å². The number of likely N-dealkylation sites (N-methyl/N-ethyl adjacent to an activating group) is 1. The second-order valence-corrected chi connectivity index (χ2v) is 11.4. The van der Waals surface area contributed by atoms with Crippen LogP contribution in [0.2, 0.25) is 10.0 Å². The van der Waals surface area contributed by atoms with Crippen LogP contribution in [0, 0.1) is 13.8 Å². The van der Waals surface area contributed by atoms with Gasteiger partial charge in [-0.2, -0.15) is 0 Å². The summed E-state index contributed by atoms with van der Waals surface area (Å²) in [5.74, 6) is -0.969. The van der Waals surface area contributed by atoms with E-state index in [0.29, 0.717) is 26.9 Å². The molecule has 196 valence electrons. The summed E-state index contributed by atoms with van der Waals surface area (Å²) < 4.78 is 28.6. The van der Waals surface area contributed by atoms with E-state index in [9.17, 15) is 18.0 Å². The Balaban J connectivity index is 2.07. The van der Waals surface area contributed by atoms with Gasteiger partial charge in [-0.25, -0.2) is 8.42 Å². The SMILES string of the molecule is CNC(=O)[C@@H](C)N(Cc1ccc(Cl)cc1Cl)C(=O)CN(c1ccc(C)cc1C)S(=O)(=O)c1ccccc1. The summed E-state index contributed by atoms with van der Waals surface area (Å²) in [7, 11) is -2.64. The van der Waals surface area contributed by atoms with Gasteiger partial charge in [-0.05, 0) is 62.2 Å². The highest BCUT2D eigenvalue weighted by molar-refractivity contribution is 7.92. The highest BCUT2D eigenvalue weighted by atomic mass is 35.5. The third-order valence-electron chi connectivity index (χ3n) is 6.00. The van der Waals surface area contributed by atoms with Crippen LogP contribution in [-0.2, 0) is 26.2 Å². The fourth-order valence-corrected chi connectivity index (χ4v) is 5.91. The maximum atomic E-state index is 13.8. The van der Waals surface area contributed by atoms with Crippen LogP contribution in [0.25, 0.3) is 0 Å². The minimum Gasteiger partial charge on any atom is -0.357 e. The molecule has 37 heavy (non-hydrogen) atoms. The molecule has 2 amide bonds. The quantitative estimate of drug-likeness (QED) is 0.399. The molecule has 0 fully saturated rings. The Morgan fingerprint density at radius 2 is 1.65 bits per heavy atom. The Kier molecular flexibility index (Phi) is 9.23. The van der Waals surface area contributed by atoms with Crippen LogP contribution >= 0.6 is 23.2 Å². The first kappa shape index (κ1) is 28.5. The molecule has 0 unspecified atom stereocenters. The van der Waals surface area contributed by atoms with Gasteiger partial charge in [-0.1, -0.05) is 65.2 Å². The first-order valence-electron chi connectivity index (χ1n) is 11.6. The highest BCUT2D eigenvalue weighted by Crippen LogP contribution is 2.29. The van der Waals surface area contributed by atoms with Crippen molar-refractivity contribution in [2.24, 2.45) is 0 Å². The molecule has 0 aliphatic carbocycles. The number of halogens is 2. The van der Waals surface area contributed by atoms with Gasteiger partial charge in [0.15, 0.2) is 0 Å². The third kappa shape index (κ3) is 6.63. The van der Waals surface area contributed by atoms with E-state index < -0.39 is 34.4 Å². The summed E-state index contributed by atoms with van der Waals surface area (Å²) in [6, 6.07) is 17.2. The molecule has 0 bridgehead atoms. The topological polar surface area (TPSA) is 86.8 Å². The molecular weight excluding hydrogens is 533 g/mol. The second kappa shape index (κ2) is 12.0. The van der Waals surface area contributed by atoms with Crippen LogP contribution in [0.3, 0.4) is 0 Å². The Bertz CT molecular complexity index is 1400. The van der Waals surface area contributed by atoms with Crippen molar-refractivity contribution in [1.29, 1.82) is 0 Å². The molecule has 0 aliphatic heterocycles. The molecule has 0 radical (unpaired) electrons. The summed E-state index contributed by atoms with van der Waals surface area (Å²) in [4.78, 5) is 27.7. The normalized spacial score (nSPS) is 12.1. The number of carbonyl (C=O) groups excluding carboxylic acids is 2. The largest absolute Gasteiger partial charge is 0.357 e. The number of sulfonamides is 1. The third-order valence-corrected chi connectivity index (χ3v) is 8.36. The van der Waals surface area contributed by atoms with Gasteiger partial charge in [-0.3, -0.25) is 13.9 Å². The van der Waals surface area contributed by atoms with Crippen LogP contribution < -0.4 is 9.62 Å². The van der Waals surface area contributed by atoms with E-state index >= 15 is 0 Å². The van der Waals surface area contributed by atoms with Gasteiger partial charge in [-0.15, -0.1) is 0 Å². The average molecular weight is 563 g/mol. The number of benzene rings is 3. The summed E-state index contributed by atoms with van der Waals surface area (Å²) in [5.41, 5.74) is 2.59. The lowest BCUT2D eigenvalue weighted by Crippen LogP contribution is -2.50. The molecule has 0 aromatic heterocycles. The fourth-order valence-electron chi connectivity index (χ4n) is 3.94. The Morgan fingerprint density at radius 1 is 0.973 bits per heavy atom. The number of anilines is 1. The number of rotatable bonds is 9. The van der Waals surface area contributed by atoms with E-state index in [0.717, 1.165) is 9.87 Å². The van der Waals surface area contributed by atoms with Gasteiger partial charge in [0.05, 0.1) is 10.6 Å². The molecule has 0 saturated carbocycles. The van der Waals surface area contributed by atoms with Crippen LogP contribution in [0.15, 0.2) is 71.6 Å². The van der Waals surface area contributed by atoms with Gasteiger partial charge < -0.3 is 10.2 Å². The fraction of sp³-hybridized carbons (Fsp3) is 0.259. The predicted octanol–water partition coefficient (Wildman–Crippen LogP) is 4.97. The molecule has 0 spiro atoms. The first-order valence-corrected chi connectivity index (χ1v) is 13.7. The van der Waals surface area contributed by atoms with Crippen molar-refractivity contribution in [1.82, 2.24) is 10.2 Å². The standard InChI is InChI=1S/C27H29Cl2N3O4S/c1-18-10-13-25(19(2)14-18)32(37(35,36)23-8-6-5-7-9-23)17-26(33)31(20(3)27(34)30-4)16-21-11-12-22(28)15-24(21)29/h5-15,20H,16-17H2,1-4H3,(H,30,34)/t20-/m1/s1. The van der Waals surface area contributed by atoms with Gasteiger partial charge in [0.1, 0.15) is 12.6 Å². The van der Waals surface area contributed by atoms with E-state index in [2.05, 4.69) is 5.32 Å². The Morgan fingerprint density at radius 3 is 2.24 bits per heavy atom. The summed E-state index contributed by atoms with van der Waals surface area (Å²) in [6.45, 7) is 4.73. The maximum Gasteiger partial charge on any atom is 0.264 e. The predicted molar refractivity (Wildman–Crippen MR) is 147 cm³/mol. The molecule has 1 N–H and O–H groups in total. The summed E-state index contributed by atoms with van der Waals surface area (Å²) in [5, 5.41) is 3.31. The van der Waals surface area contributed by atoms with Crippen molar-refractivity contribution in [2.75, 3.05) is 17.9 Å². The van der Waals surface area contributed by atoms with Crippen molar-refractivity contribution in [3.63, 3.8) is 0 Å². The number of hydrogen-bond donors (Lipinski definition) is 1. The number of aryl methyl sites for hydroxylation is 2. The van der Waals surface area contributed by atoms with Gasteiger partial charge >= 0.3 is 0 Å². The summed E-state index contributed by atoms with van der Waals surface area (Å²) >= 11 is 12.4. The van der Waals surface area contributed by atoms with E-state index in [1.54, 1.807) is 62.4 Å². The molecule has 3 aromatic rings. The van der Waals surface area contributed by atoms with Crippen LogP contribution in [-0.4, -0.2) is 44.8 Å². The Labute approximate surface area is 228 Å². The number of nitrogens with one attached hydrogen (secondary N) is 1. The number of carbonyl (C=O) groups is 2. The lowest BCUT2D eigenvalue weighted by Gasteiger charge is -2.32. The van der Waals surface area contributed by atoms with Gasteiger partial charge in [0.25, 0.3) is 10.0 Å². The lowest BCUT2D eigenvalue weighted by molar-refractivity contribution is -0.139. The maximum absolute atomic E-state index is 13.8. The number of amides is 2. The molecule has 7 nitrogen and oxygen atoms in total. The van der Waals surface area contributed by atoms with Gasteiger partial charge in [0, 0.05) is 23.6 Å². The molecule has 3 rings (SSSR count). The number of hydrogen-bond acceptors (Lipinski definition) is 4. The monoisotopic (exact) mass is 561 g/mol. The molecular formula is C27H29Cl2N3O4S. The van der Waals surface area contributed by atoms with Crippen molar-refractivity contribution in [3.05, 3.63) is 93.5 Å². The minimum atomic E-state index is -4.11. The number of nitrogens with zero attached hydrogens (tertiary/aromatic N) is 2. The smallest absolute Gasteiger partial charge is 0.264 e. The Hall–Kier alpha value is -3.07. The molecule has 1 atom stereocenters. The zero-order valence-electron chi connectivity index (χ0n) is 21.0. The average Bonchev–Trinajstić information content (AvgIpc) is 2.86. The summed E-state index contributed by atoms with van der Waals surface area (Å²) in [6.07, 6.45) is 0.